The highest BCUT2D eigenvalue weighted by Gasteiger charge is 2.23. The van der Waals surface area contributed by atoms with Crippen LogP contribution in [0.1, 0.15) is 0 Å². The van der Waals surface area contributed by atoms with Gasteiger partial charge in [-0.05, 0) is 92.2 Å². The van der Waals surface area contributed by atoms with Gasteiger partial charge in [-0.3, -0.25) is 0 Å². The van der Waals surface area contributed by atoms with Gasteiger partial charge in [0.2, 0.25) is 0 Å². The molecule has 0 N–H and O–H groups in total. The largest absolute Gasteiger partial charge is 0.310 e. The van der Waals surface area contributed by atoms with Crippen LogP contribution in [0.5, 0.6) is 0 Å². The molecule has 0 fully saturated rings. The Morgan fingerprint density at radius 3 is 1.52 bits per heavy atom. The van der Waals surface area contributed by atoms with Crippen LogP contribution in [0.3, 0.4) is 0 Å². The molecule has 254 valence electrons. The van der Waals surface area contributed by atoms with Crippen molar-refractivity contribution in [2.75, 3.05) is 4.90 Å². The zero-order valence-electron chi connectivity index (χ0n) is 29.6. The van der Waals surface area contributed by atoms with Crippen LogP contribution >= 0.6 is 11.3 Å². The van der Waals surface area contributed by atoms with Gasteiger partial charge in [0.05, 0.1) is 5.69 Å². The molecular formula is C52H35NS. The highest BCUT2D eigenvalue weighted by atomic mass is 32.1. The molecule has 0 spiro atoms. The fourth-order valence-electron chi connectivity index (χ4n) is 7.95. The number of anilines is 3. The van der Waals surface area contributed by atoms with E-state index in [0.29, 0.717) is 0 Å². The number of para-hydroxylation sites is 1. The van der Waals surface area contributed by atoms with Crippen LogP contribution in [0, 0.1) is 0 Å². The van der Waals surface area contributed by atoms with Gasteiger partial charge in [0.1, 0.15) is 0 Å². The lowest BCUT2D eigenvalue weighted by atomic mass is 9.87. The zero-order chi connectivity index (χ0) is 35.8. The Labute approximate surface area is 319 Å². The van der Waals surface area contributed by atoms with Gasteiger partial charge in [0.25, 0.3) is 0 Å². The molecule has 0 aliphatic rings. The quantitative estimate of drug-likeness (QED) is 0.160. The molecule has 0 bridgehead atoms. The van der Waals surface area contributed by atoms with Crippen molar-refractivity contribution in [2.24, 2.45) is 0 Å². The maximum Gasteiger partial charge on any atom is 0.0540 e. The van der Waals surface area contributed by atoms with E-state index in [-0.39, 0.29) is 0 Å². The first kappa shape index (κ1) is 32.0. The molecule has 2 heteroatoms. The number of rotatable bonds is 7. The summed E-state index contributed by atoms with van der Waals surface area (Å²) in [5.41, 5.74) is 13.0. The summed E-state index contributed by atoms with van der Waals surface area (Å²) in [5.74, 6) is 0. The molecule has 1 aromatic heterocycles. The van der Waals surface area contributed by atoms with E-state index in [1.807, 2.05) is 11.3 Å². The minimum Gasteiger partial charge on any atom is -0.310 e. The zero-order valence-corrected chi connectivity index (χ0v) is 30.4. The normalized spacial score (nSPS) is 11.3. The summed E-state index contributed by atoms with van der Waals surface area (Å²) in [5, 5.41) is 5.10. The van der Waals surface area contributed by atoms with Gasteiger partial charge in [-0.15, -0.1) is 11.3 Å². The highest BCUT2D eigenvalue weighted by molar-refractivity contribution is 7.26. The van der Waals surface area contributed by atoms with E-state index in [0.717, 1.165) is 17.1 Å². The maximum atomic E-state index is 2.42. The van der Waals surface area contributed by atoms with Crippen molar-refractivity contribution < 1.29 is 0 Å². The molecule has 0 amide bonds. The SMILES string of the molecule is c1ccc(-c2ccc(N(c3ccc(-c4ccccc4)cc3)c3ccccc3-c3ccc4sc5ccccc5c4c3-c3cccc4ccccc34)cc2)cc1. The van der Waals surface area contributed by atoms with Crippen molar-refractivity contribution in [3.05, 3.63) is 212 Å². The Morgan fingerprint density at radius 2 is 0.833 bits per heavy atom. The molecule has 0 aliphatic heterocycles. The Kier molecular flexibility index (Phi) is 8.09. The lowest BCUT2D eigenvalue weighted by Gasteiger charge is -2.29. The molecule has 0 saturated carbocycles. The number of hydrogen-bond acceptors (Lipinski definition) is 2. The maximum absolute atomic E-state index is 2.42. The van der Waals surface area contributed by atoms with E-state index in [1.54, 1.807) is 0 Å². The van der Waals surface area contributed by atoms with Crippen LogP contribution in [0.2, 0.25) is 0 Å². The van der Waals surface area contributed by atoms with E-state index in [9.17, 15) is 0 Å². The summed E-state index contributed by atoms with van der Waals surface area (Å²) in [6.45, 7) is 0. The monoisotopic (exact) mass is 705 g/mol. The number of thiophene rings is 1. The van der Waals surface area contributed by atoms with Crippen LogP contribution in [0.15, 0.2) is 212 Å². The van der Waals surface area contributed by atoms with Crippen molar-refractivity contribution in [1.29, 1.82) is 0 Å². The van der Waals surface area contributed by atoms with E-state index in [2.05, 4.69) is 217 Å². The van der Waals surface area contributed by atoms with E-state index in [1.165, 1.54) is 75.5 Å². The lowest BCUT2D eigenvalue weighted by Crippen LogP contribution is -2.11. The smallest absolute Gasteiger partial charge is 0.0540 e. The molecule has 0 atom stereocenters. The Balaban J connectivity index is 1.22. The Morgan fingerprint density at radius 1 is 0.315 bits per heavy atom. The summed E-state index contributed by atoms with van der Waals surface area (Å²) < 4.78 is 2.60. The molecule has 0 radical (unpaired) electrons. The molecule has 0 aliphatic carbocycles. The fourth-order valence-corrected chi connectivity index (χ4v) is 9.07. The van der Waals surface area contributed by atoms with E-state index < -0.39 is 0 Å². The first-order valence-electron chi connectivity index (χ1n) is 18.4. The second-order valence-electron chi connectivity index (χ2n) is 13.7. The third-order valence-corrected chi connectivity index (χ3v) is 11.6. The molecule has 10 rings (SSSR count). The van der Waals surface area contributed by atoms with Crippen molar-refractivity contribution in [1.82, 2.24) is 0 Å². The molecule has 1 nitrogen and oxygen atoms in total. The predicted molar refractivity (Wildman–Crippen MR) is 233 cm³/mol. The average Bonchev–Trinajstić information content (AvgIpc) is 3.64. The molecule has 10 aromatic rings. The van der Waals surface area contributed by atoms with Crippen molar-refractivity contribution >= 4 is 59.3 Å². The van der Waals surface area contributed by atoms with Crippen LogP contribution in [0.4, 0.5) is 17.1 Å². The molecule has 0 unspecified atom stereocenters. The standard InChI is InChI=1S/C52H35NS/c1-3-14-36(15-4-1)38-26-30-41(31-27-38)53(42-32-28-39(29-33-42)37-16-5-2-6-17-37)48-24-11-9-21-44(48)46-34-35-50-52(47-22-10-12-25-49(47)54-50)51(46)45-23-13-19-40-18-7-8-20-43(40)45/h1-35H. The van der Waals surface area contributed by atoms with E-state index in [4.69, 9.17) is 0 Å². The fraction of sp³-hybridized carbons (Fsp3) is 0. The predicted octanol–water partition coefficient (Wildman–Crippen LogP) is 15.3. The van der Waals surface area contributed by atoms with Crippen molar-refractivity contribution in [2.45, 2.75) is 0 Å². The summed E-state index contributed by atoms with van der Waals surface area (Å²) >= 11 is 1.87. The van der Waals surface area contributed by atoms with Gasteiger partial charge in [-0.1, -0.05) is 170 Å². The number of benzene rings is 9. The third-order valence-electron chi connectivity index (χ3n) is 10.5. The van der Waals surface area contributed by atoms with Crippen molar-refractivity contribution in [3.63, 3.8) is 0 Å². The third kappa shape index (κ3) is 5.65. The number of hydrogen-bond donors (Lipinski definition) is 0. The Bertz CT molecular complexity index is 2820. The topological polar surface area (TPSA) is 3.24 Å². The minimum absolute atomic E-state index is 1.10. The summed E-state index contributed by atoms with van der Waals surface area (Å²) in [6, 6.07) is 77.1. The highest BCUT2D eigenvalue weighted by Crippen LogP contribution is 2.50. The second-order valence-corrected chi connectivity index (χ2v) is 14.7. The number of fused-ring (bicyclic) bond motifs is 4. The molecule has 54 heavy (non-hydrogen) atoms. The average molecular weight is 706 g/mol. The molecule has 0 saturated heterocycles. The minimum atomic E-state index is 1.10. The lowest BCUT2D eigenvalue weighted by molar-refractivity contribution is 1.28. The molecular weight excluding hydrogens is 671 g/mol. The van der Waals surface area contributed by atoms with Gasteiger partial charge in [0.15, 0.2) is 0 Å². The Hall–Kier alpha value is -6.74. The first-order valence-corrected chi connectivity index (χ1v) is 19.2. The van der Waals surface area contributed by atoms with Crippen LogP contribution in [-0.4, -0.2) is 0 Å². The summed E-state index contributed by atoms with van der Waals surface area (Å²) in [6.07, 6.45) is 0. The molecule has 1 heterocycles. The van der Waals surface area contributed by atoms with Crippen LogP contribution in [0.25, 0.3) is 75.5 Å². The van der Waals surface area contributed by atoms with Crippen LogP contribution in [-0.2, 0) is 0 Å². The van der Waals surface area contributed by atoms with Gasteiger partial charge in [0, 0.05) is 37.1 Å². The first-order chi connectivity index (χ1) is 26.8. The van der Waals surface area contributed by atoms with Crippen molar-refractivity contribution in [3.8, 4) is 44.5 Å². The van der Waals surface area contributed by atoms with Gasteiger partial charge < -0.3 is 4.90 Å². The van der Waals surface area contributed by atoms with Gasteiger partial charge in [-0.2, -0.15) is 0 Å². The van der Waals surface area contributed by atoms with Gasteiger partial charge >= 0.3 is 0 Å². The molecule has 9 aromatic carbocycles. The summed E-state index contributed by atoms with van der Waals surface area (Å²) in [7, 11) is 0. The summed E-state index contributed by atoms with van der Waals surface area (Å²) in [4.78, 5) is 2.42. The second kappa shape index (κ2) is 13.7. The number of nitrogens with zero attached hydrogens (tertiary/aromatic N) is 1. The van der Waals surface area contributed by atoms with Crippen LogP contribution < -0.4 is 4.90 Å². The van der Waals surface area contributed by atoms with Gasteiger partial charge in [-0.25, -0.2) is 0 Å². The van der Waals surface area contributed by atoms with E-state index >= 15 is 0 Å².